The van der Waals surface area contributed by atoms with Gasteiger partial charge in [0.15, 0.2) is 0 Å². The number of nitrogens with one attached hydrogen (secondary N) is 1. The number of fused-ring (bicyclic) bond motifs is 1. The van der Waals surface area contributed by atoms with Crippen LogP contribution in [-0.4, -0.2) is 0 Å². The molecule has 0 atom stereocenters. The monoisotopic (exact) mass is 387 g/mol. The fourth-order valence-corrected chi connectivity index (χ4v) is 3.45. The maximum atomic E-state index is 6.20. The highest BCUT2D eigenvalue weighted by molar-refractivity contribution is 6.30. The molecule has 2 nitrogen and oxygen atoms in total. The third-order valence-corrected chi connectivity index (χ3v) is 5.04. The van der Waals surface area contributed by atoms with Crippen molar-refractivity contribution in [1.82, 2.24) is 0 Å². The van der Waals surface area contributed by atoms with Gasteiger partial charge in [0.2, 0.25) is 0 Å². The van der Waals surface area contributed by atoms with Gasteiger partial charge in [0.1, 0.15) is 12.4 Å². The molecule has 140 valence electrons. The van der Waals surface area contributed by atoms with Crippen LogP contribution in [0.2, 0.25) is 5.02 Å². The molecule has 0 unspecified atom stereocenters. The van der Waals surface area contributed by atoms with Crippen LogP contribution in [0.4, 0.5) is 5.69 Å². The number of halogens is 1. The van der Waals surface area contributed by atoms with Gasteiger partial charge in [-0.05, 0) is 59.2 Å². The van der Waals surface area contributed by atoms with Crippen LogP contribution in [0.15, 0.2) is 84.9 Å². The van der Waals surface area contributed by atoms with Crippen LogP contribution in [0.3, 0.4) is 0 Å². The van der Waals surface area contributed by atoms with Crippen LogP contribution in [0.25, 0.3) is 10.8 Å². The predicted octanol–water partition coefficient (Wildman–Crippen LogP) is 6.99. The first kappa shape index (κ1) is 18.4. The first-order valence-corrected chi connectivity index (χ1v) is 9.75. The molecular formula is C25H22ClNO. The lowest BCUT2D eigenvalue weighted by Gasteiger charge is -2.16. The Hall–Kier alpha value is -2.97. The van der Waals surface area contributed by atoms with Crippen molar-refractivity contribution in [1.29, 1.82) is 0 Å². The molecular weight excluding hydrogens is 366 g/mol. The topological polar surface area (TPSA) is 21.3 Å². The number of hydrogen-bond donors (Lipinski definition) is 1. The third-order valence-electron chi connectivity index (χ3n) is 4.79. The number of hydrogen-bond acceptors (Lipinski definition) is 2. The van der Waals surface area contributed by atoms with Gasteiger partial charge >= 0.3 is 0 Å². The van der Waals surface area contributed by atoms with Crippen molar-refractivity contribution in [3.05, 3.63) is 107 Å². The van der Waals surface area contributed by atoms with Gasteiger partial charge < -0.3 is 10.1 Å². The molecule has 0 aliphatic rings. The SMILES string of the molecule is Cc1cccc(NCc2c(OCc3ccc(Cl)cc3)ccc3ccccc23)c1. The second kappa shape index (κ2) is 8.37. The Kier molecular flexibility index (Phi) is 5.50. The van der Waals surface area contributed by atoms with Gasteiger partial charge in [-0.15, -0.1) is 0 Å². The normalized spacial score (nSPS) is 10.8. The molecule has 4 aromatic rings. The van der Waals surface area contributed by atoms with E-state index < -0.39 is 0 Å². The largest absolute Gasteiger partial charge is 0.489 e. The molecule has 4 aromatic carbocycles. The summed E-state index contributed by atoms with van der Waals surface area (Å²) in [7, 11) is 0. The molecule has 0 heterocycles. The maximum absolute atomic E-state index is 6.20. The van der Waals surface area contributed by atoms with Crippen molar-refractivity contribution in [3.8, 4) is 5.75 Å². The highest BCUT2D eigenvalue weighted by atomic mass is 35.5. The van der Waals surface area contributed by atoms with E-state index in [1.54, 1.807) is 0 Å². The first-order valence-electron chi connectivity index (χ1n) is 9.37. The van der Waals surface area contributed by atoms with Crippen molar-refractivity contribution in [2.24, 2.45) is 0 Å². The fourth-order valence-electron chi connectivity index (χ4n) is 3.32. The van der Waals surface area contributed by atoms with Crippen molar-refractivity contribution in [3.63, 3.8) is 0 Å². The van der Waals surface area contributed by atoms with Gasteiger partial charge in [0, 0.05) is 22.8 Å². The molecule has 0 aromatic heterocycles. The summed E-state index contributed by atoms with van der Waals surface area (Å²) in [5, 5.41) is 6.69. The molecule has 0 amide bonds. The summed E-state index contributed by atoms with van der Waals surface area (Å²) in [6, 6.07) is 28.8. The van der Waals surface area contributed by atoms with Crippen LogP contribution in [0.1, 0.15) is 16.7 Å². The van der Waals surface area contributed by atoms with Crippen molar-refractivity contribution in [2.45, 2.75) is 20.1 Å². The van der Waals surface area contributed by atoms with Crippen molar-refractivity contribution < 1.29 is 4.74 Å². The third kappa shape index (κ3) is 4.29. The molecule has 0 spiro atoms. The van der Waals surface area contributed by atoms with Crippen molar-refractivity contribution in [2.75, 3.05) is 5.32 Å². The van der Waals surface area contributed by atoms with E-state index in [1.165, 1.54) is 16.3 Å². The number of aryl methyl sites for hydroxylation is 1. The highest BCUT2D eigenvalue weighted by Gasteiger charge is 2.09. The van der Waals surface area contributed by atoms with E-state index >= 15 is 0 Å². The van der Waals surface area contributed by atoms with Crippen LogP contribution < -0.4 is 10.1 Å². The maximum Gasteiger partial charge on any atom is 0.125 e. The molecule has 0 saturated carbocycles. The molecule has 28 heavy (non-hydrogen) atoms. The smallest absolute Gasteiger partial charge is 0.125 e. The minimum atomic E-state index is 0.507. The van der Waals surface area contributed by atoms with Crippen molar-refractivity contribution >= 4 is 28.1 Å². The van der Waals surface area contributed by atoms with Crippen LogP contribution in [0, 0.1) is 6.92 Å². The zero-order valence-corrected chi connectivity index (χ0v) is 16.5. The van der Waals surface area contributed by atoms with E-state index in [2.05, 4.69) is 72.9 Å². The van der Waals surface area contributed by atoms with Gasteiger partial charge in [-0.3, -0.25) is 0 Å². The van der Waals surface area contributed by atoms with Gasteiger partial charge in [-0.25, -0.2) is 0 Å². The minimum absolute atomic E-state index is 0.507. The Morgan fingerprint density at radius 2 is 1.68 bits per heavy atom. The van der Waals surface area contributed by atoms with Crippen LogP contribution in [0.5, 0.6) is 5.75 Å². The lowest BCUT2D eigenvalue weighted by molar-refractivity contribution is 0.304. The Bertz CT molecular complexity index is 1090. The summed E-state index contributed by atoms with van der Waals surface area (Å²) in [5.41, 5.74) is 4.60. The molecule has 0 bridgehead atoms. The van der Waals surface area contributed by atoms with E-state index in [4.69, 9.17) is 16.3 Å². The van der Waals surface area contributed by atoms with E-state index in [-0.39, 0.29) is 0 Å². The van der Waals surface area contributed by atoms with Crippen LogP contribution >= 0.6 is 11.6 Å². The summed E-state index contributed by atoms with van der Waals surface area (Å²) in [4.78, 5) is 0. The van der Waals surface area contributed by atoms with E-state index in [0.29, 0.717) is 13.2 Å². The minimum Gasteiger partial charge on any atom is -0.489 e. The Morgan fingerprint density at radius 3 is 2.50 bits per heavy atom. The summed E-state index contributed by atoms with van der Waals surface area (Å²) < 4.78 is 6.20. The number of anilines is 1. The molecule has 0 saturated heterocycles. The summed E-state index contributed by atoms with van der Waals surface area (Å²) in [5.74, 6) is 0.897. The molecule has 0 aliphatic heterocycles. The van der Waals surface area contributed by atoms with E-state index in [9.17, 15) is 0 Å². The Balaban J connectivity index is 1.61. The standard InChI is InChI=1S/C25H22ClNO/c1-18-5-4-7-22(15-18)27-16-24-23-8-3-2-6-20(23)11-14-25(24)28-17-19-9-12-21(26)13-10-19/h2-15,27H,16-17H2,1H3. The second-order valence-corrected chi connectivity index (χ2v) is 7.34. The van der Waals surface area contributed by atoms with E-state index in [0.717, 1.165) is 27.6 Å². The number of benzene rings is 4. The van der Waals surface area contributed by atoms with Gasteiger partial charge in [-0.2, -0.15) is 0 Å². The predicted molar refractivity (Wildman–Crippen MR) is 118 cm³/mol. The van der Waals surface area contributed by atoms with Crippen LogP contribution in [-0.2, 0) is 13.2 Å². The molecule has 4 rings (SSSR count). The highest BCUT2D eigenvalue weighted by Crippen LogP contribution is 2.30. The summed E-state index contributed by atoms with van der Waals surface area (Å²) in [6.45, 7) is 3.30. The summed E-state index contributed by atoms with van der Waals surface area (Å²) in [6.07, 6.45) is 0. The Labute approximate surface area is 170 Å². The molecule has 3 heteroatoms. The molecule has 0 aliphatic carbocycles. The van der Waals surface area contributed by atoms with E-state index in [1.807, 2.05) is 24.3 Å². The van der Waals surface area contributed by atoms with Gasteiger partial charge in [-0.1, -0.05) is 66.2 Å². The molecule has 0 radical (unpaired) electrons. The number of ether oxygens (including phenoxy) is 1. The quantitative estimate of drug-likeness (QED) is 0.384. The molecule has 1 N–H and O–H groups in total. The zero-order valence-electron chi connectivity index (χ0n) is 15.8. The summed E-state index contributed by atoms with van der Waals surface area (Å²) >= 11 is 5.98. The zero-order chi connectivity index (χ0) is 19.3. The Morgan fingerprint density at radius 1 is 0.857 bits per heavy atom. The molecule has 0 fully saturated rings. The van der Waals surface area contributed by atoms with Gasteiger partial charge in [0.25, 0.3) is 0 Å². The lowest BCUT2D eigenvalue weighted by atomic mass is 10.0. The second-order valence-electron chi connectivity index (χ2n) is 6.90. The first-order chi connectivity index (χ1) is 13.7. The average molecular weight is 388 g/mol. The lowest BCUT2D eigenvalue weighted by Crippen LogP contribution is -2.05. The fraction of sp³-hybridized carbons (Fsp3) is 0.120. The van der Waals surface area contributed by atoms with Gasteiger partial charge in [0.05, 0.1) is 0 Å². The average Bonchev–Trinajstić information content (AvgIpc) is 2.72. The number of rotatable bonds is 6.